The van der Waals surface area contributed by atoms with Crippen LogP contribution in [0.2, 0.25) is 0 Å². The summed E-state index contributed by atoms with van der Waals surface area (Å²) >= 11 is 0. The highest BCUT2D eigenvalue weighted by Gasteiger charge is 2.34. The third-order valence-corrected chi connectivity index (χ3v) is 4.38. The number of pyridine rings is 1. The fourth-order valence-corrected chi connectivity index (χ4v) is 3.32. The zero-order valence-corrected chi connectivity index (χ0v) is 12.4. The van der Waals surface area contributed by atoms with Crippen LogP contribution in [0.3, 0.4) is 0 Å². The molecule has 3 N–H and O–H groups in total. The van der Waals surface area contributed by atoms with Crippen LogP contribution < -0.4 is 5.73 Å². The van der Waals surface area contributed by atoms with Crippen LogP contribution in [-0.4, -0.2) is 40.2 Å². The molecule has 0 aliphatic carbocycles. The van der Waals surface area contributed by atoms with Crippen molar-refractivity contribution in [1.29, 1.82) is 0 Å². The van der Waals surface area contributed by atoms with Gasteiger partial charge in [0.2, 0.25) is 0 Å². The number of hydrogen-bond donors (Lipinski definition) is 2. The molecule has 112 valence electrons. The SMILES string of the molecule is CCC(N)C(c1cccnc1)N1CCCC1CCCO. The largest absolute Gasteiger partial charge is 0.396 e. The molecule has 2 rings (SSSR count). The number of aliphatic hydroxyl groups is 1. The quantitative estimate of drug-likeness (QED) is 0.801. The second-order valence-corrected chi connectivity index (χ2v) is 5.70. The van der Waals surface area contributed by atoms with Crippen molar-refractivity contribution in [2.45, 2.75) is 57.2 Å². The zero-order valence-electron chi connectivity index (χ0n) is 12.4. The maximum absolute atomic E-state index is 9.07. The fourth-order valence-electron chi connectivity index (χ4n) is 3.32. The van der Waals surface area contributed by atoms with Crippen molar-refractivity contribution >= 4 is 0 Å². The zero-order chi connectivity index (χ0) is 14.4. The molecular weight excluding hydrogens is 250 g/mol. The van der Waals surface area contributed by atoms with Crippen molar-refractivity contribution in [1.82, 2.24) is 9.88 Å². The van der Waals surface area contributed by atoms with Gasteiger partial charge in [0, 0.05) is 31.1 Å². The highest BCUT2D eigenvalue weighted by molar-refractivity contribution is 5.17. The van der Waals surface area contributed by atoms with E-state index >= 15 is 0 Å². The van der Waals surface area contributed by atoms with Gasteiger partial charge in [0.15, 0.2) is 0 Å². The van der Waals surface area contributed by atoms with Gasteiger partial charge >= 0.3 is 0 Å². The lowest BCUT2D eigenvalue weighted by Gasteiger charge is -2.36. The van der Waals surface area contributed by atoms with Crippen molar-refractivity contribution in [2.75, 3.05) is 13.2 Å². The number of nitrogens with two attached hydrogens (primary N) is 1. The normalized spacial score (nSPS) is 22.9. The average Bonchev–Trinajstić information content (AvgIpc) is 2.94. The minimum atomic E-state index is 0.133. The van der Waals surface area contributed by atoms with E-state index < -0.39 is 0 Å². The number of rotatable bonds is 7. The minimum absolute atomic E-state index is 0.133. The van der Waals surface area contributed by atoms with Crippen LogP contribution in [-0.2, 0) is 0 Å². The second kappa shape index (κ2) is 7.72. The summed E-state index contributed by atoms with van der Waals surface area (Å²) in [5.74, 6) is 0. The molecule has 0 saturated carbocycles. The van der Waals surface area contributed by atoms with Crippen molar-refractivity contribution in [2.24, 2.45) is 5.73 Å². The van der Waals surface area contributed by atoms with Gasteiger partial charge in [0.05, 0.1) is 6.04 Å². The monoisotopic (exact) mass is 277 g/mol. The third kappa shape index (κ3) is 3.57. The third-order valence-electron chi connectivity index (χ3n) is 4.38. The smallest absolute Gasteiger partial charge is 0.0517 e. The summed E-state index contributed by atoms with van der Waals surface area (Å²) in [6, 6.07) is 5.05. The summed E-state index contributed by atoms with van der Waals surface area (Å²) in [5, 5.41) is 9.07. The first-order chi connectivity index (χ1) is 9.77. The molecule has 1 saturated heterocycles. The lowest BCUT2D eigenvalue weighted by atomic mass is 9.96. The molecule has 1 aromatic rings. The van der Waals surface area contributed by atoms with Crippen molar-refractivity contribution in [3.8, 4) is 0 Å². The van der Waals surface area contributed by atoms with Gasteiger partial charge < -0.3 is 10.8 Å². The molecule has 1 aliphatic heterocycles. The van der Waals surface area contributed by atoms with Gasteiger partial charge in [-0.3, -0.25) is 9.88 Å². The van der Waals surface area contributed by atoms with Crippen LogP contribution in [0.4, 0.5) is 0 Å². The molecule has 0 aromatic carbocycles. The average molecular weight is 277 g/mol. The molecule has 0 spiro atoms. The van der Waals surface area contributed by atoms with Crippen molar-refractivity contribution < 1.29 is 5.11 Å². The van der Waals surface area contributed by atoms with E-state index in [-0.39, 0.29) is 18.7 Å². The lowest BCUT2D eigenvalue weighted by molar-refractivity contribution is 0.139. The maximum Gasteiger partial charge on any atom is 0.0517 e. The minimum Gasteiger partial charge on any atom is -0.396 e. The molecule has 1 aliphatic rings. The van der Waals surface area contributed by atoms with Crippen LogP contribution in [0.1, 0.15) is 50.6 Å². The Balaban J connectivity index is 2.18. The molecule has 3 atom stereocenters. The second-order valence-electron chi connectivity index (χ2n) is 5.70. The first-order valence-corrected chi connectivity index (χ1v) is 7.80. The topological polar surface area (TPSA) is 62.4 Å². The molecule has 20 heavy (non-hydrogen) atoms. The van der Waals surface area contributed by atoms with Gasteiger partial charge in [-0.2, -0.15) is 0 Å². The number of aromatic nitrogens is 1. The van der Waals surface area contributed by atoms with Gasteiger partial charge in [-0.05, 0) is 50.3 Å². The number of hydrogen-bond acceptors (Lipinski definition) is 4. The van der Waals surface area contributed by atoms with Crippen molar-refractivity contribution in [3.63, 3.8) is 0 Å². The first-order valence-electron chi connectivity index (χ1n) is 7.80. The lowest BCUT2D eigenvalue weighted by Crippen LogP contribution is -2.43. The van der Waals surface area contributed by atoms with Gasteiger partial charge in [-0.1, -0.05) is 13.0 Å². The summed E-state index contributed by atoms with van der Waals surface area (Å²) < 4.78 is 0. The molecule has 0 amide bonds. The molecule has 0 bridgehead atoms. The molecule has 1 fully saturated rings. The fraction of sp³-hybridized carbons (Fsp3) is 0.688. The van der Waals surface area contributed by atoms with Crippen molar-refractivity contribution in [3.05, 3.63) is 30.1 Å². The summed E-state index contributed by atoms with van der Waals surface area (Å²) in [6.07, 6.45) is 9.10. The van der Waals surface area contributed by atoms with E-state index in [0.717, 1.165) is 25.8 Å². The van der Waals surface area contributed by atoms with E-state index in [0.29, 0.717) is 6.04 Å². The Morgan fingerprint density at radius 1 is 1.55 bits per heavy atom. The van der Waals surface area contributed by atoms with Crippen LogP contribution in [0.5, 0.6) is 0 Å². The Morgan fingerprint density at radius 2 is 2.40 bits per heavy atom. The Morgan fingerprint density at radius 3 is 3.05 bits per heavy atom. The predicted molar refractivity (Wildman–Crippen MR) is 81.3 cm³/mol. The summed E-state index contributed by atoms with van der Waals surface area (Å²) in [4.78, 5) is 6.80. The summed E-state index contributed by atoms with van der Waals surface area (Å²) in [7, 11) is 0. The Kier molecular flexibility index (Phi) is 5.95. The standard InChI is InChI=1S/C16H27N3O/c1-2-15(17)16(13-6-3-9-18-12-13)19-10-4-7-14(19)8-5-11-20/h3,6,9,12,14-16,20H,2,4-5,7-8,10-11,17H2,1H3. The van der Waals surface area contributed by atoms with Gasteiger partial charge in [-0.25, -0.2) is 0 Å². The summed E-state index contributed by atoms with van der Waals surface area (Å²) in [5.41, 5.74) is 7.62. The Labute approximate surface area is 122 Å². The molecule has 2 heterocycles. The van der Waals surface area contributed by atoms with E-state index in [2.05, 4.69) is 22.9 Å². The predicted octanol–water partition coefficient (Wildman–Crippen LogP) is 2.10. The summed E-state index contributed by atoms with van der Waals surface area (Å²) in [6.45, 7) is 3.53. The first kappa shape index (κ1) is 15.4. The Hall–Kier alpha value is -0.970. The number of likely N-dealkylation sites (tertiary alicyclic amines) is 1. The van der Waals surface area contributed by atoms with Gasteiger partial charge in [0.25, 0.3) is 0 Å². The molecule has 0 radical (unpaired) electrons. The maximum atomic E-state index is 9.07. The highest BCUT2D eigenvalue weighted by Crippen LogP contribution is 2.33. The van der Waals surface area contributed by atoms with E-state index in [4.69, 9.17) is 10.8 Å². The van der Waals surface area contributed by atoms with Gasteiger partial charge in [-0.15, -0.1) is 0 Å². The van der Waals surface area contributed by atoms with E-state index in [1.54, 1.807) is 0 Å². The van der Waals surface area contributed by atoms with Crippen LogP contribution >= 0.6 is 0 Å². The molecule has 3 unspecified atom stereocenters. The van der Waals surface area contributed by atoms with Crippen LogP contribution in [0.25, 0.3) is 0 Å². The van der Waals surface area contributed by atoms with E-state index in [1.807, 2.05) is 18.5 Å². The van der Waals surface area contributed by atoms with Crippen LogP contribution in [0.15, 0.2) is 24.5 Å². The highest BCUT2D eigenvalue weighted by atomic mass is 16.2. The number of aliphatic hydroxyl groups excluding tert-OH is 1. The number of nitrogens with zero attached hydrogens (tertiary/aromatic N) is 2. The molecular formula is C16H27N3O. The Bertz CT molecular complexity index is 385. The van der Waals surface area contributed by atoms with Gasteiger partial charge in [0.1, 0.15) is 0 Å². The molecule has 4 nitrogen and oxygen atoms in total. The molecule has 4 heteroatoms. The van der Waals surface area contributed by atoms with Crippen LogP contribution in [0, 0.1) is 0 Å². The van der Waals surface area contributed by atoms with E-state index in [1.165, 1.54) is 18.4 Å². The van der Waals surface area contributed by atoms with E-state index in [9.17, 15) is 0 Å². The molecule has 1 aromatic heterocycles.